The molecule has 6 heteroatoms. The van der Waals surface area contributed by atoms with E-state index in [4.69, 9.17) is 0 Å². The van der Waals surface area contributed by atoms with Crippen LogP contribution in [0.15, 0.2) is 36.7 Å². The molecule has 1 fully saturated rings. The van der Waals surface area contributed by atoms with E-state index < -0.39 is 28.9 Å². The molecule has 1 aromatic heterocycles. The van der Waals surface area contributed by atoms with Crippen LogP contribution in [-0.2, 0) is 0 Å². The predicted molar refractivity (Wildman–Crippen MR) is 80.1 cm³/mol. The quantitative estimate of drug-likeness (QED) is 0.926. The van der Waals surface area contributed by atoms with Gasteiger partial charge in [-0.2, -0.15) is 0 Å². The molecule has 2 aromatic rings. The van der Waals surface area contributed by atoms with Gasteiger partial charge >= 0.3 is 0 Å². The number of phenols is 1. The number of hydrogen-bond donors (Lipinski definition) is 1. The van der Waals surface area contributed by atoms with Crippen LogP contribution in [0.5, 0.6) is 5.75 Å². The molecule has 1 N–H and O–H groups in total. The van der Waals surface area contributed by atoms with Gasteiger partial charge in [-0.1, -0.05) is 0 Å². The summed E-state index contributed by atoms with van der Waals surface area (Å²) in [5, 5.41) is 9.38. The number of rotatable bonds is 2. The van der Waals surface area contributed by atoms with Gasteiger partial charge in [-0.05, 0) is 42.7 Å². The summed E-state index contributed by atoms with van der Waals surface area (Å²) in [7, 11) is 0. The highest BCUT2D eigenvalue weighted by molar-refractivity contribution is 5.95. The summed E-state index contributed by atoms with van der Waals surface area (Å²) in [5.41, 5.74) is 0.356. The maximum atomic E-state index is 13.9. The summed E-state index contributed by atoms with van der Waals surface area (Å²) in [4.78, 5) is 17.9. The Balaban J connectivity index is 1.85. The first-order chi connectivity index (χ1) is 11.1. The molecular formula is C17H16F2N2O2. The fraction of sp³-hybridized carbons (Fsp3) is 0.294. The minimum Gasteiger partial charge on any atom is -0.505 e. The monoisotopic (exact) mass is 318 g/mol. The van der Waals surface area contributed by atoms with Crippen molar-refractivity contribution < 1.29 is 18.7 Å². The molecule has 0 unspecified atom stereocenters. The number of carbonyl (C=O) groups excluding carboxylic acids is 1. The number of nitrogens with zero attached hydrogens (tertiary/aromatic N) is 2. The largest absolute Gasteiger partial charge is 0.505 e. The average Bonchev–Trinajstić information content (AvgIpc) is 2.59. The molecule has 0 bridgehead atoms. The SMILES string of the molecule is O=C(c1c(F)ccc(O)c1F)N1CCC[C@H](c2ccncc2)C1. The highest BCUT2D eigenvalue weighted by Crippen LogP contribution is 2.29. The van der Waals surface area contributed by atoms with Crippen LogP contribution in [0.1, 0.15) is 34.7 Å². The Morgan fingerprint density at radius 3 is 2.70 bits per heavy atom. The molecule has 1 aliphatic rings. The van der Waals surface area contributed by atoms with Crippen molar-refractivity contribution in [1.82, 2.24) is 9.88 Å². The van der Waals surface area contributed by atoms with Crippen LogP contribution in [0, 0.1) is 11.6 Å². The lowest BCUT2D eigenvalue weighted by atomic mass is 9.91. The smallest absolute Gasteiger partial charge is 0.259 e. The van der Waals surface area contributed by atoms with E-state index in [0.717, 1.165) is 30.5 Å². The summed E-state index contributed by atoms with van der Waals surface area (Å²) >= 11 is 0. The minimum atomic E-state index is -1.21. The third kappa shape index (κ3) is 3.02. The van der Waals surface area contributed by atoms with Crippen molar-refractivity contribution in [2.75, 3.05) is 13.1 Å². The molecule has 1 amide bonds. The fourth-order valence-corrected chi connectivity index (χ4v) is 2.96. The van der Waals surface area contributed by atoms with Gasteiger partial charge in [0.15, 0.2) is 11.6 Å². The van der Waals surface area contributed by atoms with Gasteiger partial charge in [-0.25, -0.2) is 8.78 Å². The van der Waals surface area contributed by atoms with Crippen LogP contribution < -0.4 is 0 Å². The molecule has 120 valence electrons. The number of aromatic nitrogens is 1. The number of likely N-dealkylation sites (tertiary alicyclic amines) is 1. The molecule has 1 atom stereocenters. The second kappa shape index (κ2) is 6.32. The number of phenolic OH excluding ortho intramolecular Hbond substituents is 1. The second-order valence-electron chi connectivity index (χ2n) is 5.63. The van der Waals surface area contributed by atoms with Gasteiger partial charge in [0.2, 0.25) is 0 Å². The Bertz CT molecular complexity index is 722. The normalized spacial score (nSPS) is 18.0. The molecular weight excluding hydrogens is 302 g/mol. The Labute approximate surface area is 132 Å². The van der Waals surface area contributed by atoms with E-state index in [0.29, 0.717) is 13.1 Å². The Kier molecular flexibility index (Phi) is 4.23. The molecule has 2 heterocycles. The van der Waals surface area contributed by atoms with Gasteiger partial charge in [-0.15, -0.1) is 0 Å². The molecule has 0 spiro atoms. The number of amides is 1. The zero-order valence-corrected chi connectivity index (χ0v) is 12.4. The van der Waals surface area contributed by atoms with Gasteiger partial charge in [-0.3, -0.25) is 9.78 Å². The van der Waals surface area contributed by atoms with E-state index in [1.54, 1.807) is 12.4 Å². The van der Waals surface area contributed by atoms with Crippen LogP contribution in [0.3, 0.4) is 0 Å². The summed E-state index contributed by atoms with van der Waals surface area (Å²) in [6.07, 6.45) is 5.02. The van der Waals surface area contributed by atoms with Crippen molar-refractivity contribution in [2.24, 2.45) is 0 Å². The van der Waals surface area contributed by atoms with Crippen molar-refractivity contribution in [3.63, 3.8) is 0 Å². The summed E-state index contributed by atoms with van der Waals surface area (Å²) < 4.78 is 27.8. The number of pyridine rings is 1. The van der Waals surface area contributed by atoms with E-state index in [1.807, 2.05) is 12.1 Å². The van der Waals surface area contributed by atoms with Crippen LogP contribution in [0.2, 0.25) is 0 Å². The number of piperidine rings is 1. The summed E-state index contributed by atoms with van der Waals surface area (Å²) in [6.45, 7) is 0.826. The lowest BCUT2D eigenvalue weighted by Crippen LogP contribution is -2.39. The predicted octanol–water partition coefficient (Wildman–Crippen LogP) is 3.09. The Morgan fingerprint density at radius 1 is 1.22 bits per heavy atom. The number of halogens is 2. The van der Waals surface area contributed by atoms with Crippen molar-refractivity contribution in [3.8, 4) is 5.75 Å². The van der Waals surface area contributed by atoms with Gasteiger partial charge in [0, 0.05) is 31.4 Å². The molecule has 1 aliphatic heterocycles. The third-order valence-electron chi connectivity index (χ3n) is 4.17. The van der Waals surface area contributed by atoms with Crippen molar-refractivity contribution in [2.45, 2.75) is 18.8 Å². The average molecular weight is 318 g/mol. The zero-order valence-electron chi connectivity index (χ0n) is 12.4. The van der Waals surface area contributed by atoms with Gasteiger partial charge in [0.05, 0.1) is 0 Å². The van der Waals surface area contributed by atoms with Gasteiger partial charge in [0.25, 0.3) is 5.91 Å². The summed E-state index contributed by atoms with van der Waals surface area (Å²) in [6, 6.07) is 5.57. The maximum Gasteiger partial charge on any atom is 0.259 e. The first-order valence-electron chi connectivity index (χ1n) is 7.44. The van der Waals surface area contributed by atoms with Gasteiger partial charge in [0.1, 0.15) is 11.4 Å². The molecule has 1 aromatic carbocycles. The topological polar surface area (TPSA) is 53.4 Å². The van der Waals surface area contributed by atoms with E-state index in [-0.39, 0.29) is 5.92 Å². The van der Waals surface area contributed by atoms with Crippen molar-refractivity contribution in [3.05, 3.63) is 59.4 Å². The van der Waals surface area contributed by atoms with E-state index in [9.17, 15) is 18.7 Å². The number of benzene rings is 1. The lowest BCUT2D eigenvalue weighted by molar-refractivity contribution is 0.0696. The molecule has 0 saturated carbocycles. The second-order valence-corrected chi connectivity index (χ2v) is 5.63. The fourth-order valence-electron chi connectivity index (χ4n) is 2.96. The number of hydrogen-bond acceptors (Lipinski definition) is 3. The van der Waals surface area contributed by atoms with Crippen LogP contribution in [0.25, 0.3) is 0 Å². The first-order valence-corrected chi connectivity index (χ1v) is 7.44. The summed E-state index contributed by atoms with van der Waals surface area (Å²) in [5.74, 6) is -3.51. The van der Waals surface area contributed by atoms with E-state index in [2.05, 4.69) is 4.98 Å². The van der Waals surface area contributed by atoms with E-state index >= 15 is 0 Å². The Hall–Kier alpha value is -2.50. The Morgan fingerprint density at radius 2 is 1.96 bits per heavy atom. The van der Waals surface area contributed by atoms with Crippen molar-refractivity contribution >= 4 is 5.91 Å². The van der Waals surface area contributed by atoms with Crippen LogP contribution >= 0.6 is 0 Å². The highest BCUT2D eigenvalue weighted by atomic mass is 19.1. The standard InChI is InChI=1S/C17H16F2N2O2/c18-13-3-4-14(22)16(19)15(13)17(23)21-9-1-2-12(10-21)11-5-7-20-8-6-11/h3-8,12,22H,1-2,9-10H2/t12-/m0/s1. The van der Waals surface area contributed by atoms with Crippen LogP contribution in [0.4, 0.5) is 8.78 Å². The maximum absolute atomic E-state index is 13.9. The zero-order chi connectivity index (χ0) is 16.4. The number of aromatic hydroxyl groups is 1. The molecule has 3 rings (SSSR count). The first kappa shape index (κ1) is 15.4. The molecule has 0 aliphatic carbocycles. The van der Waals surface area contributed by atoms with Crippen molar-refractivity contribution in [1.29, 1.82) is 0 Å². The third-order valence-corrected chi connectivity index (χ3v) is 4.17. The highest BCUT2D eigenvalue weighted by Gasteiger charge is 2.29. The van der Waals surface area contributed by atoms with E-state index in [1.165, 1.54) is 4.90 Å². The molecule has 0 radical (unpaired) electrons. The minimum absolute atomic E-state index is 0.110. The molecule has 4 nitrogen and oxygen atoms in total. The van der Waals surface area contributed by atoms with Crippen LogP contribution in [-0.4, -0.2) is 34.0 Å². The number of carbonyl (C=O) groups is 1. The lowest BCUT2D eigenvalue weighted by Gasteiger charge is -2.33. The molecule has 23 heavy (non-hydrogen) atoms. The van der Waals surface area contributed by atoms with Gasteiger partial charge < -0.3 is 10.0 Å². The molecule has 1 saturated heterocycles.